The summed E-state index contributed by atoms with van der Waals surface area (Å²) in [5.74, 6) is -0.508. The minimum atomic E-state index is -0.639. The summed E-state index contributed by atoms with van der Waals surface area (Å²) >= 11 is 1.89. The van der Waals surface area contributed by atoms with Gasteiger partial charge < -0.3 is 9.84 Å². The molecule has 0 unspecified atom stereocenters. The van der Waals surface area contributed by atoms with E-state index in [2.05, 4.69) is 21.9 Å². The summed E-state index contributed by atoms with van der Waals surface area (Å²) in [6.45, 7) is 7.06. The third-order valence-corrected chi connectivity index (χ3v) is 7.18. The highest BCUT2D eigenvalue weighted by atomic mass is 32.1. The highest BCUT2D eigenvalue weighted by molar-refractivity contribution is 7.11. The molecule has 0 spiro atoms. The first-order valence-electron chi connectivity index (χ1n) is 9.49. The molecule has 0 aromatic carbocycles. The Morgan fingerprint density at radius 1 is 1.20 bits per heavy atom. The number of thiophene rings is 1. The minimum absolute atomic E-state index is 0.131. The number of hydrogen-bond donors (Lipinski definition) is 1. The molecule has 2 atom stereocenters. The van der Waals surface area contributed by atoms with Crippen molar-refractivity contribution in [2.24, 2.45) is 11.3 Å². The van der Waals surface area contributed by atoms with E-state index < -0.39 is 11.4 Å². The van der Waals surface area contributed by atoms with Crippen LogP contribution in [0.4, 0.5) is 0 Å². The van der Waals surface area contributed by atoms with Crippen molar-refractivity contribution < 1.29 is 14.6 Å². The first-order valence-corrected chi connectivity index (χ1v) is 10.3. The lowest BCUT2D eigenvalue weighted by Crippen LogP contribution is -2.44. The summed E-state index contributed by atoms with van der Waals surface area (Å²) in [6.07, 6.45) is 4.67. The van der Waals surface area contributed by atoms with E-state index >= 15 is 0 Å². The van der Waals surface area contributed by atoms with Gasteiger partial charge in [-0.1, -0.05) is 6.42 Å². The third kappa shape index (κ3) is 3.63. The molecule has 6 heteroatoms. The highest BCUT2D eigenvalue weighted by Gasteiger charge is 2.53. The van der Waals surface area contributed by atoms with Crippen molar-refractivity contribution in [2.45, 2.75) is 38.8 Å². The molecule has 1 aromatic heterocycles. The van der Waals surface area contributed by atoms with E-state index in [9.17, 15) is 9.90 Å². The summed E-state index contributed by atoms with van der Waals surface area (Å²) in [5.41, 5.74) is -0.591. The van der Waals surface area contributed by atoms with E-state index in [1.807, 2.05) is 11.3 Å². The number of nitrogens with zero attached hydrogens (tertiary/aromatic N) is 2. The van der Waals surface area contributed by atoms with Crippen molar-refractivity contribution in [1.29, 1.82) is 0 Å². The van der Waals surface area contributed by atoms with Crippen molar-refractivity contribution in [3.63, 3.8) is 0 Å². The number of carboxylic acid groups (broad SMARTS) is 1. The van der Waals surface area contributed by atoms with Gasteiger partial charge in [-0.05, 0) is 44.5 Å². The molecule has 0 amide bonds. The fourth-order valence-corrected chi connectivity index (χ4v) is 5.78. The number of rotatable bonds is 5. The first kappa shape index (κ1) is 17.5. The van der Waals surface area contributed by atoms with Crippen LogP contribution in [0.3, 0.4) is 0 Å². The Bertz CT molecular complexity index is 614. The molecule has 0 bridgehead atoms. The highest BCUT2D eigenvalue weighted by Crippen LogP contribution is 2.43. The smallest absolute Gasteiger partial charge is 0.311 e. The molecule has 4 heterocycles. The summed E-state index contributed by atoms with van der Waals surface area (Å²) in [5, 5.41) is 9.78. The van der Waals surface area contributed by atoms with E-state index in [1.165, 1.54) is 42.1 Å². The average Bonchev–Trinajstić information content (AvgIpc) is 3.20. The lowest BCUT2D eigenvalue weighted by molar-refractivity contribution is -0.157. The number of fused-ring (bicyclic) bond motifs is 1. The number of likely N-dealkylation sites (tertiary alicyclic amines) is 2. The van der Waals surface area contributed by atoms with Crippen molar-refractivity contribution in [3.05, 3.63) is 21.9 Å². The van der Waals surface area contributed by atoms with Gasteiger partial charge in [-0.15, -0.1) is 11.3 Å². The second-order valence-corrected chi connectivity index (χ2v) is 9.11. The molecule has 4 rings (SSSR count). The molecule has 0 radical (unpaired) electrons. The van der Waals surface area contributed by atoms with E-state index in [0.717, 1.165) is 19.6 Å². The van der Waals surface area contributed by atoms with Crippen molar-refractivity contribution >= 4 is 17.3 Å². The summed E-state index contributed by atoms with van der Waals surface area (Å²) in [6, 6.07) is 4.49. The Morgan fingerprint density at radius 3 is 2.60 bits per heavy atom. The number of carbonyl (C=O) groups is 1. The zero-order chi connectivity index (χ0) is 17.3. The lowest BCUT2D eigenvalue weighted by Gasteiger charge is -2.34. The SMILES string of the molecule is O=C(O)[C@]12CCOC[C@H]1CN(Cc1ccc(CN3CCCCC3)s1)C2. The molecule has 5 nitrogen and oxygen atoms in total. The zero-order valence-corrected chi connectivity index (χ0v) is 15.6. The fraction of sp³-hybridized carbons (Fsp3) is 0.737. The number of carboxylic acids is 1. The maximum Gasteiger partial charge on any atom is 0.311 e. The Morgan fingerprint density at radius 2 is 1.92 bits per heavy atom. The zero-order valence-electron chi connectivity index (χ0n) is 14.8. The van der Waals surface area contributed by atoms with Gasteiger partial charge in [0.05, 0.1) is 12.0 Å². The Kier molecular flexibility index (Phi) is 5.13. The van der Waals surface area contributed by atoms with Crippen molar-refractivity contribution in [2.75, 3.05) is 39.4 Å². The normalized spacial score (nSPS) is 31.1. The molecule has 3 fully saturated rings. The van der Waals surface area contributed by atoms with Gasteiger partial charge in [-0.25, -0.2) is 0 Å². The number of ether oxygens (including phenoxy) is 1. The average molecular weight is 365 g/mol. The van der Waals surface area contributed by atoms with E-state index in [1.54, 1.807) is 0 Å². The molecule has 3 aliphatic heterocycles. The topological polar surface area (TPSA) is 53.0 Å². The molecule has 0 saturated carbocycles. The van der Waals surface area contributed by atoms with Crippen LogP contribution in [0.25, 0.3) is 0 Å². The van der Waals surface area contributed by atoms with Gasteiger partial charge in [0.1, 0.15) is 0 Å². The summed E-state index contributed by atoms with van der Waals surface area (Å²) in [7, 11) is 0. The molecule has 1 N–H and O–H groups in total. The molecule has 0 aliphatic carbocycles. The summed E-state index contributed by atoms with van der Waals surface area (Å²) in [4.78, 5) is 19.6. The maximum absolute atomic E-state index is 11.9. The van der Waals surface area contributed by atoms with Crippen LogP contribution in [0.15, 0.2) is 12.1 Å². The van der Waals surface area contributed by atoms with Crippen LogP contribution < -0.4 is 0 Å². The fourth-order valence-electron chi connectivity index (χ4n) is 4.67. The van der Waals surface area contributed by atoms with E-state index in [-0.39, 0.29) is 5.92 Å². The molecule has 3 saturated heterocycles. The monoisotopic (exact) mass is 364 g/mol. The molecular formula is C19H28N2O3S. The van der Waals surface area contributed by atoms with Crippen LogP contribution in [0.2, 0.25) is 0 Å². The van der Waals surface area contributed by atoms with Crippen LogP contribution in [0.5, 0.6) is 0 Å². The summed E-state index contributed by atoms with van der Waals surface area (Å²) < 4.78 is 5.55. The van der Waals surface area contributed by atoms with Crippen molar-refractivity contribution in [3.8, 4) is 0 Å². The number of hydrogen-bond acceptors (Lipinski definition) is 5. The van der Waals surface area contributed by atoms with Gasteiger partial charge in [0.25, 0.3) is 0 Å². The molecule has 25 heavy (non-hydrogen) atoms. The van der Waals surface area contributed by atoms with Crippen LogP contribution in [-0.4, -0.2) is 60.3 Å². The quantitative estimate of drug-likeness (QED) is 0.870. The van der Waals surface area contributed by atoms with Crippen molar-refractivity contribution in [1.82, 2.24) is 9.80 Å². The van der Waals surface area contributed by atoms with Gasteiger partial charge in [0.2, 0.25) is 0 Å². The Hall–Kier alpha value is -0.950. The first-order chi connectivity index (χ1) is 12.2. The molecule has 3 aliphatic rings. The van der Waals surface area contributed by atoms with Gasteiger partial charge >= 0.3 is 5.97 Å². The van der Waals surface area contributed by atoms with Crippen LogP contribution in [-0.2, 0) is 22.6 Å². The third-order valence-electron chi connectivity index (χ3n) is 6.13. The predicted octanol–water partition coefficient (Wildman–Crippen LogP) is 2.66. The van der Waals surface area contributed by atoms with Gasteiger partial charge in [0, 0.05) is 48.5 Å². The van der Waals surface area contributed by atoms with Gasteiger partial charge in [-0.3, -0.25) is 14.6 Å². The van der Waals surface area contributed by atoms with Gasteiger partial charge in [0.15, 0.2) is 0 Å². The molecule has 1 aromatic rings. The second-order valence-electron chi connectivity index (χ2n) is 7.86. The Labute approximate surface area is 153 Å². The van der Waals surface area contributed by atoms with Gasteiger partial charge in [-0.2, -0.15) is 0 Å². The van der Waals surface area contributed by atoms with E-state index in [0.29, 0.717) is 26.2 Å². The van der Waals surface area contributed by atoms with Crippen LogP contribution in [0.1, 0.15) is 35.4 Å². The second kappa shape index (κ2) is 7.35. The number of piperidine rings is 1. The maximum atomic E-state index is 11.9. The van der Waals surface area contributed by atoms with Crippen LogP contribution in [0, 0.1) is 11.3 Å². The molecule has 138 valence electrons. The predicted molar refractivity (Wildman–Crippen MR) is 97.7 cm³/mol. The van der Waals surface area contributed by atoms with E-state index in [4.69, 9.17) is 4.74 Å². The minimum Gasteiger partial charge on any atom is -0.481 e. The standard InChI is InChI=1S/C19H28N2O3S/c22-18(23)19-6-9-24-13-15(19)10-21(14-19)12-17-5-4-16(25-17)11-20-7-2-1-3-8-20/h4-5,15H,1-3,6-14H2,(H,22,23)/t15-,19+/m1/s1. The lowest BCUT2D eigenvalue weighted by atomic mass is 9.74. The largest absolute Gasteiger partial charge is 0.481 e. The number of aliphatic carboxylic acids is 1. The Balaban J connectivity index is 1.37. The molecular weight excluding hydrogens is 336 g/mol. The van der Waals surface area contributed by atoms with Crippen LogP contribution >= 0.6 is 11.3 Å².